The number of hydrogen-bond donors (Lipinski definition) is 1. The lowest BCUT2D eigenvalue weighted by Crippen LogP contribution is -2.63. The number of halogens is 9. The van der Waals surface area contributed by atoms with Crippen LogP contribution in [-0.2, 0) is 41.1 Å². The van der Waals surface area contributed by atoms with Gasteiger partial charge in [-0.15, -0.1) is 5.10 Å². The average molecular weight is 707 g/mol. The van der Waals surface area contributed by atoms with E-state index < -0.39 is 95.0 Å². The van der Waals surface area contributed by atoms with Crippen molar-refractivity contribution in [3.63, 3.8) is 0 Å². The number of anilines is 2. The highest BCUT2D eigenvalue weighted by Crippen LogP contribution is 2.56. The molecule has 0 spiro atoms. The summed E-state index contributed by atoms with van der Waals surface area (Å²) in [7, 11) is 1.23. The van der Waals surface area contributed by atoms with Crippen LogP contribution in [-0.4, -0.2) is 49.4 Å². The van der Waals surface area contributed by atoms with Crippen LogP contribution in [0.3, 0.4) is 0 Å². The van der Waals surface area contributed by atoms with Gasteiger partial charge in [0.05, 0.1) is 24.1 Å². The van der Waals surface area contributed by atoms with Crippen molar-refractivity contribution >= 4 is 23.5 Å². The summed E-state index contributed by atoms with van der Waals surface area (Å²) in [6.07, 6.45) is -15.9. The number of para-hydroxylation sites is 1. The Morgan fingerprint density at radius 2 is 1.49 bits per heavy atom. The third kappa shape index (κ3) is 6.77. The van der Waals surface area contributed by atoms with Crippen molar-refractivity contribution in [1.29, 1.82) is 0 Å². The molecule has 1 saturated carbocycles. The first-order valence-electron chi connectivity index (χ1n) is 15.3. The zero-order chi connectivity index (χ0) is 36.1. The molecule has 0 bridgehead atoms. The lowest BCUT2D eigenvalue weighted by Gasteiger charge is -2.53. The number of rotatable bonds is 7. The van der Waals surface area contributed by atoms with Crippen LogP contribution in [0.1, 0.15) is 67.7 Å². The third-order valence-corrected chi connectivity index (χ3v) is 9.30. The molecular weight excluding hydrogens is 675 g/mol. The Bertz CT molecular complexity index is 1670. The normalized spacial score (nSPS) is 23.2. The maximum Gasteiger partial charge on any atom is 0.416 e. The van der Waals surface area contributed by atoms with Crippen molar-refractivity contribution in [3.8, 4) is 0 Å². The molecule has 3 aromatic rings. The molecule has 49 heavy (non-hydrogen) atoms. The van der Waals surface area contributed by atoms with E-state index in [4.69, 9.17) is 0 Å². The molecule has 2 heterocycles. The molecule has 2 atom stereocenters. The molecule has 2 aromatic carbocycles. The molecule has 1 aliphatic heterocycles. The highest BCUT2D eigenvalue weighted by atomic mass is 19.4. The van der Waals surface area contributed by atoms with E-state index in [9.17, 15) is 41.0 Å². The predicted octanol–water partition coefficient (Wildman–Crippen LogP) is 7.12. The average Bonchev–Trinajstić information content (AvgIpc) is 3.46. The van der Waals surface area contributed by atoms with Gasteiger partial charge in [0.25, 0.3) is 5.95 Å². The van der Waals surface area contributed by atoms with Gasteiger partial charge in [-0.2, -0.15) is 44.3 Å². The van der Waals surface area contributed by atoms with E-state index in [0.717, 1.165) is 10.9 Å². The van der Waals surface area contributed by atoms with Gasteiger partial charge in [0.15, 0.2) is 5.54 Å². The number of amides is 1. The summed E-state index contributed by atoms with van der Waals surface area (Å²) >= 11 is 0. The van der Waals surface area contributed by atoms with Crippen LogP contribution in [0.5, 0.6) is 0 Å². The summed E-state index contributed by atoms with van der Waals surface area (Å²) in [4.78, 5) is 28.1. The van der Waals surface area contributed by atoms with Gasteiger partial charge in [-0.1, -0.05) is 30.2 Å². The van der Waals surface area contributed by atoms with Crippen molar-refractivity contribution in [2.24, 2.45) is 18.9 Å². The minimum atomic E-state index is -5.26. The van der Waals surface area contributed by atoms with Crippen molar-refractivity contribution in [1.82, 2.24) is 20.2 Å². The van der Waals surface area contributed by atoms with Crippen LogP contribution < -0.4 is 9.80 Å². The van der Waals surface area contributed by atoms with Gasteiger partial charge in [-0.05, 0) is 67.1 Å². The number of fused-ring (bicyclic) bond motifs is 1. The minimum absolute atomic E-state index is 0.0219. The number of aromatic nitrogens is 4. The van der Waals surface area contributed by atoms with Crippen molar-refractivity contribution in [2.45, 2.75) is 82.1 Å². The van der Waals surface area contributed by atoms with Crippen LogP contribution >= 0.6 is 0 Å². The summed E-state index contributed by atoms with van der Waals surface area (Å²) in [5.74, 6) is -3.56. The fourth-order valence-corrected chi connectivity index (χ4v) is 6.91. The minimum Gasteiger partial charge on any atom is -0.481 e. The fraction of sp³-hybridized carbons (Fsp3) is 0.516. The molecule has 2 aliphatic rings. The Hall–Kier alpha value is -4.38. The van der Waals surface area contributed by atoms with Gasteiger partial charge in [-0.25, -0.2) is 0 Å². The number of carbonyl (C=O) groups excluding carboxylic acids is 1. The maximum atomic E-state index is 15.9. The van der Waals surface area contributed by atoms with Gasteiger partial charge >= 0.3 is 24.5 Å². The van der Waals surface area contributed by atoms with Crippen LogP contribution in [0.4, 0.5) is 51.1 Å². The Morgan fingerprint density at radius 1 is 0.918 bits per heavy atom. The summed E-state index contributed by atoms with van der Waals surface area (Å²) in [6.45, 7) is 0.394. The Balaban J connectivity index is 1.70. The van der Waals surface area contributed by atoms with E-state index in [2.05, 4.69) is 15.4 Å². The molecular formula is C31H31F9N6O3. The zero-order valence-electron chi connectivity index (χ0n) is 26.1. The second-order valence-electron chi connectivity index (χ2n) is 12.3. The number of aliphatic carboxylic acids is 1. The fourth-order valence-electron chi connectivity index (χ4n) is 6.91. The second kappa shape index (κ2) is 12.8. The molecule has 5 rings (SSSR count). The number of tetrazole rings is 1. The molecule has 1 aromatic heterocycles. The number of benzene rings is 2. The number of hydrogen-bond acceptors (Lipinski definition) is 6. The summed E-state index contributed by atoms with van der Waals surface area (Å²) in [6, 6.07) is 4.50. The monoisotopic (exact) mass is 706 g/mol. The molecule has 1 aliphatic carbocycles. The molecule has 9 nitrogen and oxygen atoms in total. The smallest absolute Gasteiger partial charge is 0.416 e. The molecule has 266 valence electrons. The Kier molecular flexibility index (Phi) is 9.40. The van der Waals surface area contributed by atoms with E-state index in [0.29, 0.717) is 17.0 Å². The third-order valence-electron chi connectivity index (χ3n) is 9.30. The van der Waals surface area contributed by atoms with Gasteiger partial charge in [0.2, 0.25) is 5.91 Å². The van der Waals surface area contributed by atoms with E-state index in [-0.39, 0.29) is 43.9 Å². The van der Waals surface area contributed by atoms with Gasteiger partial charge in [0, 0.05) is 36.2 Å². The predicted molar refractivity (Wildman–Crippen MR) is 155 cm³/mol. The molecule has 1 amide bonds. The topological polar surface area (TPSA) is 104 Å². The molecule has 1 fully saturated rings. The summed E-state index contributed by atoms with van der Waals surface area (Å²) < 4.78 is 130. The first kappa shape index (κ1) is 35.9. The van der Waals surface area contributed by atoms with Gasteiger partial charge in [0.1, 0.15) is 0 Å². The molecule has 0 radical (unpaired) electrons. The molecule has 2 unspecified atom stereocenters. The first-order valence-corrected chi connectivity index (χ1v) is 15.3. The zero-order valence-corrected chi connectivity index (χ0v) is 26.1. The van der Waals surface area contributed by atoms with E-state index in [1.165, 1.54) is 30.1 Å². The lowest BCUT2D eigenvalue weighted by atomic mass is 9.74. The standard InChI is InChI=1S/C31H31F9N6O3/c1-3-22-15-28(31(38,39)40,23-6-4-5-7-24(23)46(22)25(47)18-8-10-19(11-9-18)26(48)49)45(27-41-43-44(2)42-27)16-17-12-20(29(32,33)34)14-21(13-17)30(35,36)37/h4-7,12-14,18-19,22H,3,8-11,15-16H2,1-2H3,(H,48,49). The highest BCUT2D eigenvalue weighted by Gasteiger charge is 2.65. The van der Waals surface area contributed by atoms with Gasteiger partial charge < -0.3 is 14.9 Å². The van der Waals surface area contributed by atoms with Gasteiger partial charge in [-0.3, -0.25) is 9.59 Å². The van der Waals surface area contributed by atoms with E-state index in [1.807, 2.05) is 0 Å². The number of aryl methyl sites for hydroxylation is 1. The Morgan fingerprint density at radius 3 is 1.98 bits per heavy atom. The molecule has 1 N–H and O–H groups in total. The van der Waals surface area contributed by atoms with Crippen LogP contribution in [0.15, 0.2) is 42.5 Å². The number of alkyl halides is 9. The Labute approximate surface area is 273 Å². The van der Waals surface area contributed by atoms with E-state index in [1.54, 1.807) is 6.92 Å². The summed E-state index contributed by atoms with van der Waals surface area (Å²) in [5, 5.41) is 20.6. The second-order valence-corrected chi connectivity index (χ2v) is 12.3. The SMILES string of the molecule is CCC1CC(N(Cc2cc(C(F)(F)F)cc(C(F)(F)F)c2)c2nnn(C)n2)(C(F)(F)F)c2ccccc2N1C(=O)C1CCC(C(=O)O)CC1. The van der Waals surface area contributed by atoms with Crippen molar-refractivity contribution < 1.29 is 54.2 Å². The maximum absolute atomic E-state index is 15.9. The number of carboxylic acids is 1. The summed E-state index contributed by atoms with van der Waals surface area (Å²) in [5.41, 5.74) is -7.99. The lowest BCUT2D eigenvalue weighted by molar-refractivity contribution is -0.197. The van der Waals surface area contributed by atoms with Crippen LogP contribution in [0.2, 0.25) is 0 Å². The van der Waals surface area contributed by atoms with E-state index >= 15 is 13.2 Å². The molecule has 0 saturated heterocycles. The quantitative estimate of drug-likeness (QED) is 0.261. The largest absolute Gasteiger partial charge is 0.481 e. The van der Waals surface area contributed by atoms with Crippen LogP contribution in [0, 0.1) is 11.8 Å². The highest BCUT2D eigenvalue weighted by molar-refractivity contribution is 5.97. The number of nitrogens with zero attached hydrogens (tertiary/aromatic N) is 6. The number of carboxylic acid groups (broad SMARTS) is 1. The first-order chi connectivity index (χ1) is 22.8. The van der Waals surface area contributed by atoms with Crippen molar-refractivity contribution in [3.05, 3.63) is 64.7 Å². The van der Waals surface area contributed by atoms with Crippen LogP contribution in [0.25, 0.3) is 0 Å². The number of carbonyl (C=O) groups is 2. The van der Waals surface area contributed by atoms with Crippen molar-refractivity contribution in [2.75, 3.05) is 9.80 Å². The molecule has 18 heteroatoms.